The van der Waals surface area contributed by atoms with Crippen LogP contribution in [0.25, 0.3) is 10.1 Å². The SMILES string of the molecule is N#CC1c2c(sc3ccccc23)C=NN1C(=O)c1ccccc1. The molecule has 1 amide bonds. The minimum Gasteiger partial charge on any atom is -0.267 e. The molecule has 0 saturated carbocycles. The van der Waals surface area contributed by atoms with Crippen molar-refractivity contribution in [2.24, 2.45) is 5.10 Å². The number of thiophene rings is 1. The maximum atomic E-state index is 12.7. The molecule has 3 aromatic rings. The predicted octanol–water partition coefficient (Wildman–Crippen LogP) is 3.96. The second-order valence-corrected chi connectivity index (χ2v) is 6.25. The van der Waals surface area contributed by atoms with E-state index in [0.717, 1.165) is 20.5 Å². The van der Waals surface area contributed by atoms with Crippen LogP contribution >= 0.6 is 11.3 Å². The van der Waals surface area contributed by atoms with Gasteiger partial charge in [-0.25, -0.2) is 5.01 Å². The number of benzene rings is 2. The molecule has 0 spiro atoms. The van der Waals surface area contributed by atoms with Gasteiger partial charge in [-0.05, 0) is 23.6 Å². The van der Waals surface area contributed by atoms with Gasteiger partial charge in [0, 0.05) is 15.8 Å². The van der Waals surface area contributed by atoms with Crippen LogP contribution in [0.4, 0.5) is 0 Å². The molecular formula is C18H11N3OS. The minimum atomic E-state index is -0.709. The van der Waals surface area contributed by atoms with E-state index >= 15 is 0 Å². The molecule has 0 N–H and O–H groups in total. The Kier molecular flexibility index (Phi) is 3.18. The molecule has 1 atom stereocenters. The molecule has 0 radical (unpaired) electrons. The van der Waals surface area contributed by atoms with Crippen LogP contribution in [0.2, 0.25) is 0 Å². The van der Waals surface area contributed by atoms with Crippen molar-refractivity contribution in [1.82, 2.24) is 5.01 Å². The zero-order valence-corrected chi connectivity index (χ0v) is 12.8. The van der Waals surface area contributed by atoms with Gasteiger partial charge in [-0.1, -0.05) is 36.4 Å². The normalized spacial score (nSPS) is 16.1. The van der Waals surface area contributed by atoms with Gasteiger partial charge in [0.05, 0.1) is 17.2 Å². The zero-order chi connectivity index (χ0) is 15.8. The molecule has 1 aromatic heterocycles. The number of hydrogen-bond donors (Lipinski definition) is 0. The summed E-state index contributed by atoms with van der Waals surface area (Å²) in [5.41, 5.74) is 1.39. The second kappa shape index (κ2) is 5.34. The molecule has 0 aliphatic carbocycles. The Hall–Kier alpha value is -2.97. The van der Waals surface area contributed by atoms with Gasteiger partial charge in [0.1, 0.15) is 0 Å². The number of hydrogen-bond acceptors (Lipinski definition) is 4. The summed E-state index contributed by atoms with van der Waals surface area (Å²) in [5.74, 6) is -0.269. The van der Waals surface area contributed by atoms with Gasteiger partial charge >= 0.3 is 0 Å². The average Bonchev–Trinajstić information content (AvgIpc) is 2.99. The fourth-order valence-corrected chi connectivity index (χ4v) is 3.87. The smallest absolute Gasteiger partial charge is 0.267 e. The van der Waals surface area contributed by atoms with Crippen LogP contribution in [-0.2, 0) is 0 Å². The third-order valence-electron chi connectivity index (χ3n) is 3.83. The number of nitrogens with zero attached hydrogens (tertiary/aromatic N) is 3. The largest absolute Gasteiger partial charge is 0.275 e. The molecule has 2 aromatic carbocycles. The highest BCUT2D eigenvalue weighted by Crippen LogP contribution is 2.39. The Morgan fingerprint density at radius 3 is 2.65 bits per heavy atom. The van der Waals surface area contributed by atoms with Crippen molar-refractivity contribution < 1.29 is 4.79 Å². The van der Waals surface area contributed by atoms with Crippen molar-refractivity contribution in [3.63, 3.8) is 0 Å². The number of carbonyl (C=O) groups excluding carboxylic acids is 1. The molecule has 1 aliphatic rings. The van der Waals surface area contributed by atoms with Crippen molar-refractivity contribution in [2.75, 3.05) is 0 Å². The van der Waals surface area contributed by atoms with E-state index in [1.54, 1.807) is 41.8 Å². The highest BCUT2D eigenvalue weighted by atomic mass is 32.1. The van der Waals surface area contributed by atoms with E-state index < -0.39 is 6.04 Å². The van der Waals surface area contributed by atoms with Gasteiger partial charge < -0.3 is 0 Å². The first-order valence-electron chi connectivity index (χ1n) is 7.13. The third-order valence-corrected chi connectivity index (χ3v) is 4.95. The van der Waals surface area contributed by atoms with Crippen LogP contribution in [-0.4, -0.2) is 17.1 Å². The monoisotopic (exact) mass is 317 g/mol. The van der Waals surface area contributed by atoms with Crippen molar-refractivity contribution in [3.05, 3.63) is 70.6 Å². The molecule has 4 nitrogen and oxygen atoms in total. The second-order valence-electron chi connectivity index (χ2n) is 5.17. The van der Waals surface area contributed by atoms with Gasteiger partial charge in [-0.2, -0.15) is 10.4 Å². The number of fused-ring (bicyclic) bond motifs is 3. The topological polar surface area (TPSA) is 56.5 Å². The van der Waals surface area contributed by atoms with E-state index in [-0.39, 0.29) is 5.91 Å². The van der Waals surface area contributed by atoms with E-state index in [2.05, 4.69) is 11.2 Å². The molecule has 5 heteroatoms. The highest BCUT2D eigenvalue weighted by molar-refractivity contribution is 7.20. The van der Waals surface area contributed by atoms with Crippen LogP contribution in [0.3, 0.4) is 0 Å². The predicted molar refractivity (Wildman–Crippen MR) is 90.4 cm³/mol. The lowest BCUT2D eigenvalue weighted by Gasteiger charge is -2.25. The maximum absolute atomic E-state index is 12.7. The lowest BCUT2D eigenvalue weighted by molar-refractivity contribution is 0.0721. The molecule has 4 rings (SSSR count). The summed E-state index contributed by atoms with van der Waals surface area (Å²) in [6.45, 7) is 0. The molecular weight excluding hydrogens is 306 g/mol. The van der Waals surface area contributed by atoms with Gasteiger partial charge in [0.25, 0.3) is 5.91 Å². The molecule has 2 heterocycles. The molecule has 1 unspecified atom stereocenters. The Morgan fingerprint density at radius 1 is 1.13 bits per heavy atom. The summed E-state index contributed by atoms with van der Waals surface area (Å²) in [5, 5.41) is 16.2. The summed E-state index contributed by atoms with van der Waals surface area (Å²) in [6, 6.07) is 18.3. The molecule has 0 saturated heterocycles. The minimum absolute atomic E-state index is 0.269. The van der Waals surface area contributed by atoms with E-state index in [1.807, 2.05) is 30.3 Å². The highest BCUT2D eigenvalue weighted by Gasteiger charge is 2.33. The van der Waals surface area contributed by atoms with Crippen molar-refractivity contribution in [3.8, 4) is 6.07 Å². The van der Waals surface area contributed by atoms with E-state index in [1.165, 1.54) is 5.01 Å². The summed E-state index contributed by atoms with van der Waals surface area (Å²) in [7, 11) is 0. The van der Waals surface area contributed by atoms with E-state index in [9.17, 15) is 10.1 Å². The molecule has 0 bridgehead atoms. The zero-order valence-electron chi connectivity index (χ0n) is 12.0. The number of nitriles is 1. The third kappa shape index (κ3) is 2.12. The van der Waals surface area contributed by atoms with Crippen molar-refractivity contribution >= 4 is 33.5 Å². The summed E-state index contributed by atoms with van der Waals surface area (Å²) < 4.78 is 1.10. The summed E-state index contributed by atoms with van der Waals surface area (Å²) in [4.78, 5) is 13.6. The van der Waals surface area contributed by atoms with E-state index in [4.69, 9.17) is 0 Å². The van der Waals surface area contributed by atoms with Crippen LogP contribution in [0.5, 0.6) is 0 Å². The maximum Gasteiger partial charge on any atom is 0.275 e. The Morgan fingerprint density at radius 2 is 1.87 bits per heavy atom. The lowest BCUT2D eigenvalue weighted by atomic mass is 10.0. The van der Waals surface area contributed by atoms with Crippen LogP contribution < -0.4 is 0 Å². The fraction of sp³-hybridized carbons (Fsp3) is 0.0556. The van der Waals surface area contributed by atoms with Crippen molar-refractivity contribution in [2.45, 2.75) is 6.04 Å². The Bertz CT molecular complexity index is 969. The molecule has 0 fully saturated rings. The van der Waals surface area contributed by atoms with Gasteiger partial charge in [-0.3, -0.25) is 4.79 Å². The number of rotatable bonds is 1. The number of amides is 1. The Labute approximate surface area is 136 Å². The lowest BCUT2D eigenvalue weighted by Crippen LogP contribution is -2.32. The molecule has 23 heavy (non-hydrogen) atoms. The van der Waals surface area contributed by atoms with Gasteiger partial charge in [0.2, 0.25) is 0 Å². The van der Waals surface area contributed by atoms with Crippen LogP contribution in [0, 0.1) is 11.3 Å². The number of carbonyl (C=O) groups is 1. The first kappa shape index (κ1) is 13.7. The van der Waals surface area contributed by atoms with Crippen LogP contribution in [0.15, 0.2) is 59.7 Å². The van der Waals surface area contributed by atoms with Gasteiger partial charge in [0.15, 0.2) is 6.04 Å². The number of hydrazone groups is 1. The fourth-order valence-electron chi connectivity index (χ4n) is 2.77. The summed E-state index contributed by atoms with van der Waals surface area (Å²) >= 11 is 1.59. The first-order chi connectivity index (χ1) is 11.3. The average molecular weight is 317 g/mol. The first-order valence-corrected chi connectivity index (χ1v) is 7.95. The Balaban J connectivity index is 1.83. The molecule has 1 aliphatic heterocycles. The quantitative estimate of drug-likeness (QED) is 0.682. The van der Waals surface area contributed by atoms with E-state index in [0.29, 0.717) is 5.56 Å². The molecule has 110 valence electrons. The summed E-state index contributed by atoms with van der Waals surface area (Å²) in [6.07, 6.45) is 1.68. The standard InChI is InChI=1S/C18H11N3OS/c19-10-14-17-13-8-4-5-9-15(13)23-16(17)11-20-21(14)18(22)12-6-2-1-3-7-12/h1-9,11,14H. The van der Waals surface area contributed by atoms with Gasteiger partial charge in [-0.15, -0.1) is 11.3 Å². The van der Waals surface area contributed by atoms with Crippen molar-refractivity contribution in [1.29, 1.82) is 5.26 Å². The van der Waals surface area contributed by atoms with Crippen LogP contribution in [0.1, 0.15) is 26.8 Å².